The fourth-order valence-corrected chi connectivity index (χ4v) is 2.67. The van der Waals surface area contributed by atoms with Crippen molar-refractivity contribution in [3.63, 3.8) is 0 Å². The molecule has 3 amide bonds. The summed E-state index contributed by atoms with van der Waals surface area (Å²) in [6.45, 7) is 1.82. The van der Waals surface area contributed by atoms with Crippen LogP contribution in [0.2, 0.25) is 0 Å². The minimum absolute atomic E-state index is 0.0993. The van der Waals surface area contributed by atoms with Gasteiger partial charge in [-0.05, 0) is 30.7 Å². The molecule has 0 aliphatic heterocycles. The lowest BCUT2D eigenvalue weighted by atomic mass is 10.1. The summed E-state index contributed by atoms with van der Waals surface area (Å²) in [7, 11) is 0. The molecule has 1 atom stereocenters. The summed E-state index contributed by atoms with van der Waals surface area (Å²) in [6, 6.07) is 8.82. The third kappa shape index (κ3) is 7.94. The van der Waals surface area contributed by atoms with Gasteiger partial charge in [0.1, 0.15) is 24.1 Å². The van der Waals surface area contributed by atoms with E-state index in [2.05, 4.69) is 21.3 Å². The van der Waals surface area contributed by atoms with Crippen LogP contribution in [0, 0.1) is 12.3 Å². The van der Waals surface area contributed by atoms with E-state index in [1.807, 2.05) is 0 Å². The molecule has 9 N–H and O–H groups in total. The van der Waals surface area contributed by atoms with Crippen molar-refractivity contribution < 1.29 is 29.3 Å². The van der Waals surface area contributed by atoms with Crippen molar-refractivity contribution in [3.8, 4) is 11.5 Å². The highest BCUT2D eigenvalue weighted by atomic mass is 16.5. The van der Waals surface area contributed by atoms with Crippen LogP contribution in [0.15, 0.2) is 42.5 Å². The third-order valence-electron chi connectivity index (χ3n) is 4.36. The molecule has 0 spiro atoms. The molecule has 0 heterocycles. The number of aliphatic carboxylic acids is 1. The number of phenols is 1. The van der Waals surface area contributed by atoms with Gasteiger partial charge < -0.3 is 42.0 Å². The summed E-state index contributed by atoms with van der Waals surface area (Å²) in [5.41, 5.74) is 6.37. The molecule has 33 heavy (non-hydrogen) atoms. The third-order valence-corrected chi connectivity index (χ3v) is 4.36. The van der Waals surface area contributed by atoms with E-state index in [0.29, 0.717) is 5.69 Å². The fourth-order valence-electron chi connectivity index (χ4n) is 2.67. The summed E-state index contributed by atoms with van der Waals surface area (Å²) in [5.74, 6) is -2.36. The number of guanidine groups is 1. The number of urea groups is 1. The number of hydrogen-bond donors (Lipinski definition) is 8. The van der Waals surface area contributed by atoms with Crippen molar-refractivity contribution in [2.45, 2.75) is 13.0 Å². The molecule has 2 aromatic carbocycles. The van der Waals surface area contributed by atoms with Crippen molar-refractivity contribution in [1.82, 2.24) is 16.0 Å². The number of para-hydroxylation sites is 1. The van der Waals surface area contributed by atoms with Crippen LogP contribution >= 0.6 is 0 Å². The number of aryl methyl sites for hydroxylation is 1. The van der Waals surface area contributed by atoms with E-state index in [4.69, 9.17) is 15.9 Å². The second-order valence-corrected chi connectivity index (χ2v) is 6.88. The molecule has 0 saturated carbocycles. The van der Waals surface area contributed by atoms with Gasteiger partial charge in [-0.2, -0.15) is 0 Å². The van der Waals surface area contributed by atoms with Crippen LogP contribution in [0.1, 0.15) is 15.9 Å². The first-order chi connectivity index (χ1) is 15.7. The number of hydrogen-bond acceptors (Lipinski definition) is 6. The average molecular weight is 458 g/mol. The standard InChI is InChI=1S/C21H26N6O6/c1-12-4-2-3-5-15(12)26-21(32)27-16(19(30)31)11-25-18(29)14-7-6-13(10-17(14)28)33-9-8-24-20(22)23/h2-7,10,16,28H,8-9,11H2,1H3,(H,25,29)(H,30,31)(H4,22,23,24)(H2,26,27,32)/t16-/m0/s1. The Morgan fingerprint density at radius 3 is 2.52 bits per heavy atom. The van der Waals surface area contributed by atoms with E-state index in [1.165, 1.54) is 18.2 Å². The Hall–Kier alpha value is -4.48. The Bertz CT molecular complexity index is 1030. The van der Waals surface area contributed by atoms with E-state index in [1.54, 1.807) is 31.2 Å². The topological polar surface area (TPSA) is 199 Å². The van der Waals surface area contributed by atoms with Crippen LogP contribution in [0.4, 0.5) is 10.5 Å². The van der Waals surface area contributed by atoms with Gasteiger partial charge in [-0.3, -0.25) is 10.2 Å². The molecule has 0 saturated heterocycles. The first kappa shape index (κ1) is 24.8. The Labute approximate surface area is 189 Å². The van der Waals surface area contributed by atoms with Crippen LogP contribution < -0.4 is 31.7 Å². The minimum Gasteiger partial charge on any atom is -0.507 e. The van der Waals surface area contributed by atoms with E-state index < -0.39 is 30.5 Å². The maximum atomic E-state index is 12.4. The molecule has 0 fully saturated rings. The first-order valence-corrected chi connectivity index (χ1v) is 9.85. The first-order valence-electron chi connectivity index (χ1n) is 9.85. The lowest BCUT2D eigenvalue weighted by molar-refractivity contribution is -0.138. The lowest BCUT2D eigenvalue weighted by Crippen LogP contribution is -2.49. The zero-order chi connectivity index (χ0) is 24.4. The van der Waals surface area contributed by atoms with Gasteiger partial charge in [-0.15, -0.1) is 0 Å². The maximum absolute atomic E-state index is 12.4. The fraction of sp³-hybridized carbons (Fsp3) is 0.238. The van der Waals surface area contributed by atoms with Gasteiger partial charge in [0.25, 0.3) is 5.91 Å². The molecular formula is C21H26N6O6. The normalized spacial score (nSPS) is 11.1. The highest BCUT2D eigenvalue weighted by Gasteiger charge is 2.22. The van der Waals surface area contributed by atoms with Crippen LogP contribution in [0.3, 0.4) is 0 Å². The van der Waals surface area contributed by atoms with Crippen LogP contribution in [0.25, 0.3) is 0 Å². The number of carboxylic acids is 1. The number of aromatic hydroxyl groups is 1. The van der Waals surface area contributed by atoms with Crippen LogP contribution in [-0.2, 0) is 4.79 Å². The average Bonchev–Trinajstić information content (AvgIpc) is 2.75. The quantitative estimate of drug-likeness (QED) is 0.143. The lowest BCUT2D eigenvalue weighted by Gasteiger charge is -2.17. The number of carbonyl (C=O) groups is 3. The number of benzene rings is 2. The number of rotatable bonds is 10. The molecule has 176 valence electrons. The van der Waals surface area contributed by atoms with Crippen molar-refractivity contribution in [2.24, 2.45) is 5.73 Å². The number of carbonyl (C=O) groups excluding carboxylic acids is 2. The molecular weight excluding hydrogens is 432 g/mol. The smallest absolute Gasteiger partial charge is 0.328 e. The molecule has 0 aliphatic carbocycles. The molecule has 12 nitrogen and oxygen atoms in total. The summed E-state index contributed by atoms with van der Waals surface area (Å²) >= 11 is 0. The maximum Gasteiger partial charge on any atom is 0.328 e. The molecule has 2 aromatic rings. The minimum atomic E-state index is -1.41. The molecule has 0 aliphatic rings. The number of nitrogens with two attached hydrogens (primary N) is 1. The van der Waals surface area contributed by atoms with Gasteiger partial charge in [0.2, 0.25) is 0 Å². The SMILES string of the molecule is Cc1ccccc1NC(=O)N[C@@H](CNC(=O)c1ccc(OCCNC(=N)N)cc1O)C(=O)O. The van der Waals surface area contributed by atoms with E-state index in [-0.39, 0.29) is 36.2 Å². The predicted molar refractivity (Wildman–Crippen MR) is 121 cm³/mol. The monoisotopic (exact) mass is 458 g/mol. The second-order valence-electron chi connectivity index (χ2n) is 6.88. The zero-order valence-corrected chi connectivity index (χ0v) is 17.8. The zero-order valence-electron chi connectivity index (χ0n) is 17.8. The molecule has 12 heteroatoms. The number of ether oxygens (including phenoxy) is 1. The summed E-state index contributed by atoms with van der Waals surface area (Å²) in [4.78, 5) is 36.0. The second kappa shape index (κ2) is 11.8. The van der Waals surface area contributed by atoms with Crippen molar-refractivity contribution in [2.75, 3.05) is 25.0 Å². The van der Waals surface area contributed by atoms with Crippen LogP contribution in [-0.4, -0.2) is 59.8 Å². The van der Waals surface area contributed by atoms with E-state index >= 15 is 0 Å². The Morgan fingerprint density at radius 1 is 1.15 bits per heavy atom. The molecule has 2 rings (SSSR count). The Balaban J connectivity index is 1.91. The number of anilines is 1. The Kier molecular flexibility index (Phi) is 8.85. The molecule has 0 unspecified atom stereocenters. The van der Waals surface area contributed by atoms with Gasteiger partial charge in [0, 0.05) is 18.3 Å². The van der Waals surface area contributed by atoms with Gasteiger partial charge in [0.15, 0.2) is 5.96 Å². The molecule has 0 radical (unpaired) electrons. The number of carboxylic acid groups (broad SMARTS) is 1. The molecule has 0 bridgehead atoms. The van der Waals surface area contributed by atoms with Gasteiger partial charge >= 0.3 is 12.0 Å². The van der Waals surface area contributed by atoms with E-state index in [0.717, 1.165) is 5.56 Å². The highest BCUT2D eigenvalue weighted by molar-refractivity contribution is 5.97. The summed E-state index contributed by atoms with van der Waals surface area (Å²) in [5, 5.41) is 36.3. The van der Waals surface area contributed by atoms with Crippen molar-refractivity contribution in [3.05, 3.63) is 53.6 Å². The predicted octanol–water partition coefficient (Wildman–Crippen LogP) is 0.567. The highest BCUT2D eigenvalue weighted by Crippen LogP contribution is 2.23. The number of nitrogens with one attached hydrogen (secondary N) is 5. The van der Waals surface area contributed by atoms with Gasteiger partial charge in [-0.25, -0.2) is 9.59 Å². The number of phenolic OH excluding ortho intramolecular Hbond substituents is 1. The summed E-state index contributed by atoms with van der Waals surface area (Å²) in [6.07, 6.45) is 0. The Morgan fingerprint density at radius 2 is 1.88 bits per heavy atom. The summed E-state index contributed by atoms with van der Waals surface area (Å²) < 4.78 is 5.36. The molecule has 0 aromatic heterocycles. The van der Waals surface area contributed by atoms with Gasteiger partial charge in [-0.1, -0.05) is 18.2 Å². The van der Waals surface area contributed by atoms with Crippen molar-refractivity contribution in [1.29, 1.82) is 5.41 Å². The van der Waals surface area contributed by atoms with Gasteiger partial charge in [0.05, 0.1) is 12.1 Å². The number of amides is 3. The largest absolute Gasteiger partial charge is 0.507 e. The van der Waals surface area contributed by atoms with E-state index in [9.17, 15) is 24.6 Å². The van der Waals surface area contributed by atoms with Crippen molar-refractivity contribution >= 4 is 29.6 Å². The van der Waals surface area contributed by atoms with Crippen LogP contribution in [0.5, 0.6) is 11.5 Å².